The second-order valence-corrected chi connectivity index (χ2v) is 7.79. The number of carbonyl (C=O) groups is 1. The fourth-order valence-electron chi connectivity index (χ4n) is 2.34. The van der Waals surface area contributed by atoms with Gasteiger partial charge in [-0.2, -0.15) is 17.0 Å². The van der Waals surface area contributed by atoms with Crippen molar-refractivity contribution in [3.8, 4) is 0 Å². The maximum atomic E-state index is 12.3. The molecular formula is C12H26N4O3S. The number of nitrogens with two attached hydrogens (primary N) is 1. The normalized spacial score (nSPS) is 21.0. The van der Waals surface area contributed by atoms with Gasteiger partial charge < -0.3 is 10.6 Å². The molecule has 1 fully saturated rings. The first-order chi connectivity index (χ1) is 9.13. The van der Waals surface area contributed by atoms with Crippen LogP contribution in [0.25, 0.3) is 0 Å². The van der Waals surface area contributed by atoms with Crippen LogP contribution in [0.2, 0.25) is 0 Å². The van der Waals surface area contributed by atoms with Crippen LogP contribution >= 0.6 is 0 Å². The Kier molecular flexibility index (Phi) is 5.54. The summed E-state index contributed by atoms with van der Waals surface area (Å²) in [5, 5.41) is 0. The summed E-state index contributed by atoms with van der Waals surface area (Å²) in [4.78, 5) is 14.0. The van der Waals surface area contributed by atoms with E-state index in [1.807, 2.05) is 6.92 Å². The lowest BCUT2D eigenvalue weighted by atomic mass is 9.95. The summed E-state index contributed by atoms with van der Waals surface area (Å²) in [6.07, 6.45) is 1.47. The molecule has 0 spiro atoms. The van der Waals surface area contributed by atoms with Crippen molar-refractivity contribution in [2.75, 3.05) is 40.3 Å². The van der Waals surface area contributed by atoms with E-state index >= 15 is 0 Å². The highest BCUT2D eigenvalue weighted by atomic mass is 32.2. The predicted molar refractivity (Wildman–Crippen MR) is 78.3 cm³/mol. The summed E-state index contributed by atoms with van der Waals surface area (Å²) in [5.41, 5.74) is 5.18. The Bertz CT molecular complexity index is 440. The lowest BCUT2D eigenvalue weighted by Gasteiger charge is -2.38. The highest BCUT2D eigenvalue weighted by molar-refractivity contribution is 7.86. The Hall–Kier alpha value is -0.700. The van der Waals surface area contributed by atoms with Gasteiger partial charge in [-0.05, 0) is 13.3 Å². The highest BCUT2D eigenvalue weighted by Gasteiger charge is 2.36. The molecular weight excluding hydrogens is 280 g/mol. The average molecular weight is 306 g/mol. The van der Waals surface area contributed by atoms with Crippen LogP contribution in [0, 0.1) is 0 Å². The molecule has 0 radical (unpaired) electrons. The molecule has 2 N–H and O–H groups in total. The van der Waals surface area contributed by atoms with Crippen molar-refractivity contribution in [2.24, 2.45) is 5.73 Å². The number of nitrogens with zero attached hydrogens (tertiary/aromatic N) is 3. The molecule has 1 aliphatic heterocycles. The van der Waals surface area contributed by atoms with Crippen LogP contribution in [0.15, 0.2) is 0 Å². The first-order valence-corrected chi connectivity index (χ1v) is 8.28. The van der Waals surface area contributed by atoms with Crippen molar-refractivity contribution in [3.05, 3.63) is 0 Å². The van der Waals surface area contributed by atoms with Crippen LogP contribution in [-0.4, -0.2) is 73.6 Å². The Morgan fingerprint density at radius 3 is 2.15 bits per heavy atom. The van der Waals surface area contributed by atoms with Crippen molar-refractivity contribution in [1.82, 2.24) is 13.5 Å². The monoisotopic (exact) mass is 306 g/mol. The van der Waals surface area contributed by atoms with Gasteiger partial charge in [0.2, 0.25) is 5.91 Å². The predicted octanol–water partition coefficient (Wildman–Crippen LogP) is -0.545. The molecule has 0 aromatic heterocycles. The summed E-state index contributed by atoms with van der Waals surface area (Å²) in [6.45, 7) is 5.13. The number of piperazine rings is 1. The van der Waals surface area contributed by atoms with Crippen LogP contribution in [0.4, 0.5) is 0 Å². The molecule has 0 aromatic carbocycles. The van der Waals surface area contributed by atoms with Gasteiger partial charge in [0, 0.05) is 40.3 Å². The Balaban J connectivity index is 2.65. The first kappa shape index (κ1) is 17.4. The topological polar surface area (TPSA) is 87.0 Å². The van der Waals surface area contributed by atoms with Gasteiger partial charge in [0.1, 0.15) is 0 Å². The number of rotatable bonds is 5. The molecule has 0 aromatic rings. The molecule has 1 unspecified atom stereocenters. The van der Waals surface area contributed by atoms with E-state index in [-0.39, 0.29) is 5.91 Å². The molecule has 1 saturated heterocycles. The molecule has 0 aliphatic carbocycles. The van der Waals surface area contributed by atoms with E-state index < -0.39 is 15.7 Å². The smallest absolute Gasteiger partial charge is 0.281 e. The fraction of sp³-hybridized carbons (Fsp3) is 0.917. The van der Waals surface area contributed by atoms with Gasteiger partial charge in [-0.15, -0.1) is 0 Å². The van der Waals surface area contributed by atoms with Crippen LogP contribution in [0.5, 0.6) is 0 Å². The van der Waals surface area contributed by atoms with E-state index in [9.17, 15) is 13.2 Å². The standard InChI is InChI=1S/C12H26N4O3S/c1-5-6-12(2,13)11(17)15-7-9-16(10-8-15)20(18,19)14(3)4/h5-10,13H2,1-4H3. The van der Waals surface area contributed by atoms with Crippen LogP contribution in [-0.2, 0) is 15.0 Å². The van der Waals surface area contributed by atoms with Gasteiger partial charge in [-0.1, -0.05) is 13.3 Å². The van der Waals surface area contributed by atoms with Crippen molar-refractivity contribution in [1.29, 1.82) is 0 Å². The number of hydrogen-bond donors (Lipinski definition) is 1. The Labute approximate surface area is 121 Å². The fourth-order valence-corrected chi connectivity index (χ4v) is 3.43. The zero-order valence-corrected chi connectivity index (χ0v) is 13.6. The molecule has 1 atom stereocenters. The average Bonchev–Trinajstić information content (AvgIpc) is 2.37. The van der Waals surface area contributed by atoms with E-state index in [1.54, 1.807) is 11.8 Å². The molecule has 1 amide bonds. The van der Waals surface area contributed by atoms with Gasteiger partial charge in [0.05, 0.1) is 5.54 Å². The quantitative estimate of drug-likeness (QED) is 0.738. The van der Waals surface area contributed by atoms with E-state index in [0.717, 1.165) is 6.42 Å². The van der Waals surface area contributed by atoms with Crippen molar-refractivity contribution in [2.45, 2.75) is 32.2 Å². The van der Waals surface area contributed by atoms with Gasteiger partial charge in [0.25, 0.3) is 10.2 Å². The summed E-state index contributed by atoms with van der Waals surface area (Å²) < 4.78 is 26.6. The second-order valence-electron chi connectivity index (χ2n) is 5.65. The maximum Gasteiger partial charge on any atom is 0.281 e. The van der Waals surface area contributed by atoms with Gasteiger partial charge in [0.15, 0.2) is 0 Å². The Morgan fingerprint density at radius 1 is 1.25 bits per heavy atom. The molecule has 8 heteroatoms. The third-order valence-electron chi connectivity index (χ3n) is 3.57. The molecule has 118 valence electrons. The van der Waals surface area contributed by atoms with Crippen molar-refractivity contribution >= 4 is 16.1 Å². The largest absolute Gasteiger partial charge is 0.338 e. The molecule has 20 heavy (non-hydrogen) atoms. The summed E-state index contributed by atoms with van der Waals surface area (Å²) in [6, 6.07) is 0. The lowest BCUT2D eigenvalue weighted by Crippen LogP contribution is -2.59. The second kappa shape index (κ2) is 6.38. The summed E-state index contributed by atoms with van der Waals surface area (Å²) in [5.74, 6) is -0.0961. The zero-order chi connectivity index (χ0) is 15.6. The molecule has 1 rings (SSSR count). The third-order valence-corrected chi connectivity index (χ3v) is 5.51. The number of hydrogen-bond acceptors (Lipinski definition) is 4. The maximum absolute atomic E-state index is 12.3. The number of amides is 1. The zero-order valence-electron chi connectivity index (χ0n) is 12.8. The minimum atomic E-state index is -3.40. The van der Waals surface area contributed by atoms with E-state index in [2.05, 4.69) is 0 Å². The van der Waals surface area contributed by atoms with Gasteiger partial charge in [-0.3, -0.25) is 4.79 Å². The molecule has 1 heterocycles. The number of carbonyl (C=O) groups excluding carboxylic acids is 1. The molecule has 1 aliphatic rings. The lowest BCUT2D eigenvalue weighted by molar-refractivity contribution is -0.137. The highest BCUT2D eigenvalue weighted by Crippen LogP contribution is 2.16. The van der Waals surface area contributed by atoms with Gasteiger partial charge in [-0.25, -0.2) is 0 Å². The van der Waals surface area contributed by atoms with E-state index in [0.29, 0.717) is 32.6 Å². The molecule has 0 bridgehead atoms. The third kappa shape index (κ3) is 3.69. The summed E-state index contributed by atoms with van der Waals surface area (Å²) >= 11 is 0. The SMILES string of the molecule is CCCC(C)(N)C(=O)N1CCN(S(=O)(=O)N(C)C)CC1. The van der Waals surface area contributed by atoms with Gasteiger partial charge >= 0.3 is 0 Å². The van der Waals surface area contributed by atoms with Crippen molar-refractivity contribution < 1.29 is 13.2 Å². The Morgan fingerprint density at radius 2 is 1.75 bits per heavy atom. The van der Waals surface area contributed by atoms with Crippen molar-refractivity contribution in [3.63, 3.8) is 0 Å². The minimum absolute atomic E-state index is 0.0961. The van der Waals surface area contributed by atoms with Crippen LogP contribution in [0.1, 0.15) is 26.7 Å². The summed E-state index contributed by atoms with van der Waals surface area (Å²) in [7, 11) is -0.387. The minimum Gasteiger partial charge on any atom is -0.338 e. The molecule has 0 saturated carbocycles. The molecule has 7 nitrogen and oxygen atoms in total. The first-order valence-electron chi connectivity index (χ1n) is 6.88. The van der Waals surface area contributed by atoms with Crippen LogP contribution in [0.3, 0.4) is 0 Å². The van der Waals surface area contributed by atoms with Crippen LogP contribution < -0.4 is 5.73 Å². The van der Waals surface area contributed by atoms with E-state index in [4.69, 9.17) is 5.73 Å². The van der Waals surface area contributed by atoms with E-state index in [1.165, 1.54) is 22.7 Å².